The Bertz CT molecular complexity index is 245. The highest BCUT2D eigenvalue weighted by molar-refractivity contribution is 6.31. The number of amides is 1. The summed E-state index contributed by atoms with van der Waals surface area (Å²) in [4.78, 5) is 23.5. The molecule has 15 heavy (non-hydrogen) atoms. The van der Waals surface area contributed by atoms with Crippen molar-refractivity contribution in [2.24, 2.45) is 0 Å². The maximum atomic E-state index is 10.9. The monoisotopic (exact) mass is 214 g/mol. The van der Waals surface area contributed by atoms with Crippen LogP contribution in [0.15, 0.2) is 0 Å². The van der Waals surface area contributed by atoms with Crippen LogP contribution in [0.25, 0.3) is 0 Å². The number of carbonyl (C=O) groups excluding carboxylic acids is 1. The number of hydrogen-bond acceptors (Lipinski definition) is 3. The van der Waals surface area contributed by atoms with Crippen molar-refractivity contribution in [2.45, 2.75) is 38.8 Å². The normalized spacial score (nSPS) is 19.1. The Hall–Kier alpha value is -1.10. The molecule has 0 aromatic carbocycles. The third-order valence-corrected chi connectivity index (χ3v) is 2.79. The number of rotatable bonds is 2. The summed E-state index contributed by atoms with van der Waals surface area (Å²) in [6.45, 7) is 6.11. The van der Waals surface area contributed by atoms with Crippen LogP contribution in [0.2, 0.25) is 0 Å². The summed E-state index contributed by atoms with van der Waals surface area (Å²) in [6, 6.07) is 0.532. The van der Waals surface area contributed by atoms with Gasteiger partial charge in [0, 0.05) is 25.2 Å². The van der Waals surface area contributed by atoms with Gasteiger partial charge < -0.3 is 15.3 Å². The van der Waals surface area contributed by atoms with Crippen LogP contribution >= 0.6 is 0 Å². The van der Waals surface area contributed by atoms with Crippen molar-refractivity contribution in [1.82, 2.24) is 10.2 Å². The molecular formula is C10H18N2O3. The Kier molecular flexibility index (Phi) is 4.08. The number of likely N-dealkylation sites (tertiary alicyclic amines) is 1. The number of carboxylic acid groups (broad SMARTS) is 1. The number of nitrogens with one attached hydrogen (secondary N) is 1. The lowest BCUT2D eigenvalue weighted by molar-refractivity contribution is -0.150. The van der Waals surface area contributed by atoms with Crippen molar-refractivity contribution in [3.63, 3.8) is 0 Å². The minimum absolute atomic E-state index is 0.0172. The smallest absolute Gasteiger partial charge is 0.394 e. The van der Waals surface area contributed by atoms with E-state index < -0.39 is 11.9 Å². The van der Waals surface area contributed by atoms with E-state index in [0.29, 0.717) is 6.04 Å². The summed E-state index contributed by atoms with van der Waals surface area (Å²) in [5.74, 6) is -2.29. The maximum absolute atomic E-state index is 10.9. The Morgan fingerprint density at radius 1 is 1.33 bits per heavy atom. The standard InChI is InChI=1S/C10H18N2O3/c1-7(2)12-5-3-8(4-6-12)11-9(13)10(14)15/h7-8H,3-6H2,1-2H3,(H,11,13)(H,14,15). The van der Waals surface area contributed by atoms with Crippen molar-refractivity contribution in [3.05, 3.63) is 0 Å². The highest BCUT2D eigenvalue weighted by Crippen LogP contribution is 2.12. The predicted molar refractivity (Wildman–Crippen MR) is 55.5 cm³/mol. The number of aliphatic carboxylic acids is 1. The molecule has 0 unspecified atom stereocenters. The largest absolute Gasteiger partial charge is 0.474 e. The van der Waals surface area contributed by atoms with Crippen LogP contribution in [0.1, 0.15) is 26.7 Å². The first-order valence-corrected chi connectivity index (χ1v) is 5.28. The highest BCUT2D eigenvalue weighted by Gasteiger charge is 2.23. The summed E-state index contributed by atoms with van der Waals surface area (Å²) in [7, 11) is 0. The van der Waals surface area contributed by atoms with E-state index in [2.05, 4.69) is 24.1 Å². The topological polar surface area (TPSA) is 69.6 Å². The van der Waals surface area contributed by atoms with Crippen LogP contribution in [0.3, 0.4) is 0 Å². The predicted octanol–water partition coefficient (Wildman–Crippen LogP) is 0.0600. The van der Waals surface area contributed by atoms with Gasteiger partial charge in [-0.1, -0.05) is 0 Å². The third kappa shape index (κ3) is 3.51. The summed E-state index contributed by atoms with van der Waals surface area (Å²) >= 11 is 0. The van der Waals surface area contributed by atoms with Gasteiger partial charge in [-0.05, 0) is 26.7 Å². The van der Waals surface area contributed by atoms with E-state index in [1.165, 1.54) is 0 Å². The molecule has 5 heteroatoms. The van der Waals surface area contributed by atoms with E-state index in [4.69, 9.17) is 5.11 Å². The molecule has 1 saturated heterocycles. The van der Waals surface area contributed by atoms with Crippen molar-refractivity contribution in [3.8, 4) is 0 Å². The molecule has 1 amide bonds. The molecule has 1 aliphatic rings. The summed E-state index contributed by atoms with van der Waals surface area (Å²) < 4.78 is 0. The fourth-order valence-corrected chi connectivity index (χ4v) is 1.81. The Labute approximate surface area is 89.4 Å². The van der Waals surface area contributed by atoms with Crippen LogP contribution in [0.5, 0.6) is 0 Å². The van der Waals surface area contributed by atoms with Crippen LogP contribution in [-0.4, -0.2) is 47.1 Å². The molecule has 1 fully saturated rings. The van der Waals surface area contributed by atoms with Gasteiger partial charge in [0.05, 0.1) is 0 Å². The molecule has 0 aromatic rings. The second-order valence-electron chi connectivity index (χ2n) is 4.18. The van der Waals surface area contributed by atoms with Gasteiger partial charge in [0.1, 0.15) is 0 Å². The van der Waals surface area contributed by atoms with Crippen LogP contribution in [-0.2, 0) is 9.59 Å². The molecule has 0 aromatic heterocycles. The summed E-state index contributed by atoms with van der Waals surface area (Å²) in [6.07, 6.45) is 1.66. The average molecular weight is 214 g/mol. The van der Waals surface area contributed by atoms with Gasteiger partial charge in [0.25, 0.3) is 0 Å². The van der Waals surface area contributed by atoms with Gasteiger partial charge in [-0.2, -0.15) is 0 Å². The lowest BCUT2D eigenvalue weighted by Gasteiger charge is -2.34. The minimum atomic E-state index is -1.40. The third-order valence-electron chi connectivity index (χ3n) is 2.79. The first-order chi connectivity index (χ1) is 7.00. The molecule has 5 nitrogen and oxygen atoms in total. The lowest BCUT2D eigenvalue weighted by atomic mass is 10.0. The van der Waals surface area contributed by atoms with Crippen LogP contribution in [0.4, 0.5) is 0 Å². The molecule has 0 bridgehead atoms. The van der Waals surface area contributed by atoms with Crippen LogP contribution in [0, 0.1) is 0 Å². The Balaban J connectivity index is 2.32. The van der Waals surface area contributed by atoms with E-state index in [-0.39, 0.29) is 6.04 Å². The van der Waals surface area contributed by atoms with E-state index in [9.17, 15) is 9.59 Å². The lowest BCUT2D eigenvalue weighted by Crippen LogP contribution is -2.48. The molecular weight excluding hydrogens is 196 g/mol. The summed E-state index contributed by atoms with van der Waals surface area (Å²) in [5.41, 5.74) is 0. The first-order valence-electron chi connectivity index (χ1n) is 5.28. The fraction of sp³-hybridized carbons (Fsp3) is 0.800. The fourth-order valence-electron chi connectivity index (χ4n) is 1.81. The van der Waals surface area contributed by atoms with Gasteiger partial charge in [-0.25, -0.2) is 4.79 Å². The summed E-state index contributed by atoms with van der Waals surface area (Å²) in [5, 5.41) is 10.9. The zero-order valence-corrected chi connectivity index (χ0v) is 9.19. The molecule has 1 heterocycles. The van der Waals surface area contributed by atoms with Crippen molar-refractivity contribution >= 4 is 11.9 Å². The molecule has 0 saturated carbocycles. The van der Waals surface area contributed by atoms with Crippen LogP contribution < -0.4 is 5.32 Å². The number of piperidine rings is 1. The van der Waals surface area contributed by atoms with E-state index in [1.54, 1.807) is 0 Å². The number of nitrogens with zero attached hydrogens (tertiary/aromatic N) is 1. The van der Waals surface area contributed by atoms with E-state index in [1.807, 2.05) is 0 Å². The SMILES string of the molecule is CC(C)N1CCC(NC(=O)C(=O)O)CC1. The molecule has 1 rings (SSSR count). The Morgan fingerprint density at radius 3 is 2.27 bits per heavy atom. The second kappa shape index (κ2) is 5.11. The quantitative estimate of drug-likeness (QED) is 0.638. The van der Waals surface area contributed by atoms with Gasteiger partial charge in [-0.15, -0.1) is 0 Å². The van der Waals surface area contributed by atoms with Gasteiger partial charge in [-0.3, -0.25) is 4.79 Å². The molecule has 0 spiro atoms. The van der Waals surface area contributed by atoms with Crippen molar-refractivity contribution < 1.29 is 14.7 Å². The van der Waals surface area contributed by atoms with Crippen molar-refractivity contribution in [2.75, 3.05) is 13.1 Å². The van der Waals surface area contributed by atoms with Gasteiger partial charge >= 0.3 is 11.9 Å². The highest BCUT2D eigenvalue weighted by atomic mass is 16.4. The molecule has 0 radical (unpaired) electrons. The number of carboxylic acids is 1. The Morgan fingerprint density at radius 2 is 1.87 bits per heavy atom. The zero-order chi connectivity index (χ0) is 11.4. The van der Waals surface area contributed by atoms with E-state index in [0.717, 1.165) is 25.9 Å². The van der Waals surface area contributed by atoms with Gasteiger partial charge in [0.15, 0.2) is 0 Å². The van der Waals surface area contributed by atoms with E-state index >= 15 is 0 Å². The zero-order valence-electron chi connectivity index (χ0n) is 9.19. The second-order valence-corrected chi connectivity index (χ2v) is 4.18. The average Bonchev–Trinajstić information content (AvgIpc) is 2.18. The molecule has 0 aliphatic carbocycles. The number of hydrogen-bond donors (Lipinski definition) is 2. The maximum Gasteiger partial charge on any atom is 0.394 e. The van der Waals surface area contributed by atoms with Gasteiger partial charge in [0.2, 0.25) is 0 Å². The molecule has 86 valence electrons. The molecule has 2 N–H and O–H groups in total. The minimum Gasteiger partial charge on any atom is -0.474 e. The molecule has 1 aliphatic heterocycles. The van der Waals surface area contributed by atoms with Crippen molar-refractivity contribution in [1.29, 1.82) is 0 Å². The first kappa shape index (κ1) is 12.0. The number of carbonyl (C=O) groups is 2. The molecule has 0 atom stereocenters.